The molecule has 0 saturated carbocycles. The number of amides is 1. The summed E-state index contributed by atoms with van der Waals surface area (Å²) >= 11 is 0. The summed E-state index contributed by atoms with van der Waals surface area (Å²) in [6, 6.07) is 15.3. The van der Waals surface area contributed by atoms with Crippen LogP contribution in [0.25, 0.3) is 0 Å². The zero-order valence-electron chi connectivity index (χ0n) is 12.3. The summed E-state index contributed by atoms with van der Waals surface area (Å²) in [5.41, 5.74) is 2.78. The molecule has 0 atom stereocenters. The van der Waals surface area contributed by atoms with E-state index in [-0.39, 0.29) is 12.5 Å². The number of hydrogen-bond acceptors (Lipinski definition) is 3. The minimum Gasteiger partial charge on any atom is -0.492 e. The molecule has 0 spiro atoms. The predicted molar refractivity (Wildman–Crippen MR) is 85.9 cm³/mol. The average Bonchev–Trinajstić information content (AvgIpc) is 2.48. The van der Waals surface area contributed by atoms with Crippen molar-refractivity contribution in [2.75, 3.05) is 23.8 Å². The quantitative estimate of drug-likeness (QED) is 0.854. The van der Waals surface area contributed by atoms with Gasteiger partial charge in [0.25, 0.3) is 0 Å². The normalized spacial score (nSPS) is 10.0. The van der Waals surface area contributed by atoms with E-state index in [0.29, 0.717) is 18.0 Å². The van der Waals surface area contributed by atoms with Crippen LogP contribution in [0.4, 0.5) is 11.4 Å². The molecule has 1 amide bonds. The summed E-state index contributed by atoms with van der Waals surface area (Å²) in [7, 11) is 0. The van der Waals surface area contributed by atoms with Crippen LogP contribution in [0.15, 0.2) is 48.5 Å². The van der Waals surface area contributed by atoms with Crippen LogP contribution in [0.3, 0.4) is 0 Å². The molecular weight excluding hydrogens is 264 g/mol. The molecule has 2 N–H and O–H groups in total. The fourth-order valence-corrected chi connectivity index (χ4v) is 1.98. The van der Waals surface area contributed by atoms with Crippen molar-refractivity contribution in [1.82, 2.24) is 0 Å². The second-order valence-electron chi connectivity index (χ2n) is 4.70. The minimum atomic E-state index is -0.108. The molecule has 0 saturated heterocycles. The first kappa shape index (κ1) is 14.9. The van der Waals surface area contributed by atoms with Crippen LogP contribution in [0.5, 0.6) is 5.75 Å². The molecule has 0 aliphatic rings. The molecule has 0 aromatic heterocycles. The maximum absolute atomic E-state index is 12.0. The smallest absolute Gasteiger partial charge is 0.243 e. The number of ether oxygens (including phenoxy) is 1. The number of benzene rings is 2. The van der Waals surface area contributed by atoms with Gasteiger partial charge in [0.15, 0.2) is 0 Å². The first-order chi connectivity index (χ1) is 10.2. The molecule has 2 aromatic carbocycles. The Labute approximate surface area is 125 Å². The Kier molecular flexibility index (Phi) is 5.21. The van der Waals surface area contributed by atoms with Crippen molar-refractivity contribution < 1.29 is 9.53 Å². The fraction of sp³-hybridized carbons (Fsp3) is 0.235. The molecule has 2 aromatic rings. The van der Waals surface area contributed by atoms with E-state index in [1.54, 1.807) is 0 Å². The SMILES string of the molecule is CCOc1ccccc1NC(=O)CNc1cccc(C)c1. The number of carbonyl (C=O) groups excluding carboxylic acids is 1. The lowest BCUT2D eigenvalue weighted by atomic mass is 10.2. The Morgan fingerprint density at radius 2 is 1.95 bits per heavy atom. The van der Waals surface area contributed by atoms with Crippen LogP contribution in [0, 0.1) is 6.92 Å². The fourth-order valence-electron chi connectivity index (χ4n) is 1.98. The van der Waals surface area contributed by atoms with E-state index >= 15 is 0 Å². The predicted octanol–water partition coefficient (Wildman–Crippen LogP) is 3.44. The van der Waals surface area contributed by atoms with Crippen LogP contribution in [0.1, 0.15) is 12.5 Å². The standard InChI is InChI=1S/C17H20N2O2/c1-3-21-16-10-5-4-9-15(16)19-17(20)12-18-14-8-6-7-13(2)11-14/h4-11,18H,3,12H2,1-2H3,(H,19,20). The van der Waals surface area contributed by atoms with Gasteiger partial charge in [-0.2, -0.15) is 0 Å². The highest BCUT2D eigenvalue weighted by Crippen LogP contribution is 2.23. The van der Waals surface area contributed by atoms with E-state index in [9.17, 15) is 4.79 Å². The molecule has 21 heavy (non-hydrogen) atoms. The van der Waals surface area contributed by atoms with Crippen molar-refractivity contribution in [2.45, 2.75) is 13.8 Å². The van der Waals surface area contributed by atoms with Crippen LogP contribution in [-0.2, 0) is 4.79 Å². The van der Waals surface area contributed by atoms with E-state index < -0.39 is 0 Å². The zero-order valence-corrected chi connectivity index (χ0v) is 12.3. The van der Waals surface area contributed by atoms with Gasteiger partial charge < -0.3 is 15.4 Å². The van der Waals surface area contributed by atoms with Crippen LogP contribution < -0.4 is 15.4 Å². The number of carbonyl (C=O) groups is 1. The Hall–Kier alpha value is -2.49. The van der Waals surface area contributed by atoms with Crippen molar-refractivity contribution in [3.05, 3.63) is 54.1 Å². The monoisotopic (exact) mass is 284 g/mol. The third-order valence-electron chi connectivity index (χ3n) is 2.93. The molecule has 2 rings (SSSR count). The molecule has 0 aliphatic heterocycles. The summed E-state index contributed by atoms with van der Waals surface area (Å²) in [6.45, 7) is 4.71. The first-order valence-electron chi connectivity index (χ1n) is 7.01. The Morgan fingerprint density at radius 1 is 1.14 bits per heavy atom. The van der Waals surface area contributed by atoms with E-state index in [4.69, 9.17) is 4.74 Å². The van der Waals surface area contributed by atoms with Crippen molar-refractivity contribution in [1.29, 1.82) is 0 Å². The molecule has 0 radical (unpaired) electrons. The summed E-state index contributed by atoms with van der Waals surface area (Å²) < 4.78 is 5.48. The lowest BCUT2D eigenvalue weighted by Crippen LogP contribution is -2.22. The van der Waals surface area contributed by atoms with Crippen molar-refractivity contribution in [3.63, 3.8) is 0 Å². The minimum absolute atomic E-state index is 0.108. The largest absolute Gasteiger partial charge is 0.492 e. The Bertz CT molecular complexity index is 611. The highest BCUT2D eigenvalue weighted by Gasteiger charge is 2.07. The third kappa shape index (κ3) is 4.53. The second-order valence-corrected chi connectivity index (χ2v) is 4.70. The number of nitrogens with one attached hydrogen (secondary N) is 2. The summed E-state index contributed by atoms with van der Waals surface area (Å²) in [6.07, 6.45) is 0. The van der Waals surface area contributed by atoms with Crippen LogP contribution >= 0.6 is 0 Å². The number of rotatable bonds is 6. The van der Waals surface area contributed by atoms with Crippen LogP contribution in [0.2, 0.25) is 0 Å². The van der Waals surface area contributed by atoms with E-state index in [0.717, 1.165) is 11.3 Å². The van der Waals surface area contributed by atoms with E-state index in [1.165, 1.54) is 0 Å². The first-order valence-corrected chi connectivity index (χ1v) is 7.01. The van der Waals surface area contributed by atoms with Gasteiger partial charge in [-0.1, -0.05) is 24.3 Å². The van der Waals surface area contributed by atoms with Gasteiger partial charge >= 0.3 is 0 Å². The number of anilines is 2. The van der Waals surface area contributed by atoms with Gasteiger partial charge in [-0.3, -0.25) is 4.79 Å². The van der Waals surface area contributed by atoms with Gasteiger partial charge in [0.2, 0.25) is 5.91 Å². The zero-order chi connectivity index (χ0) is 15.1. The highest BCUT2D eigenvalue weighted by atomic mass is 16.5. The van der Waals surface area contributed by atoms with Gasteiger partial charge in [-0.25, -0.2) is 0 Å². The van der Waals surface area contributed by atoms with Gasteiger partial charge in [0.05, 0.1) is 18.8 Å². The molecule has 4 heteroatoms. The second kappa shape index (κ2) is 7.33. The average molecular weight is 284 g/mol. The molecular formula is C17H20N2O2. The Morgan fingerprint density at radius 3 is 2.71 bits per heavy atom. The van der Waals surface area contributed by atoms with Gasteiger partial charge in [-0.05, 0) is 43.7 Å². The summed E-state index contributed by atoms with van der Waals surface area (Å²) in [5, 5.41) is 5.96. The van der Waals surface area contributed by atoms with Crippen molar-refractivity contribution in [2.24, 2.45) is 0 Å². The maximum Gasteiger partial charge on any atom is 0.243 e. The molecule has 0 unspecified atom stereocenters. The van der Waals surface area contributed by atoms with Crippen molar-refractivity contribution in [3.8, 4) is 5.75 Å². The lowest BCUT2D eigenvalue weighted by Gasteiger charge is -2.12. The molecule has 0 fully saturated rings. The molecule has 110 valence electrons. The van der Waals surface area contributed by atoms with Crippen LogP contribution in [-0.4, -0.2) is 19.1 Å². The van der Waals surface area contributed by atoms with E-state index in [2.05, 4.69) is 10.6 Å². The number of para-hydroxylation sites is 2. The molecule has 0 bridgehead atoms. The summed E-state index contributed by atoms with van der Waals surface area (Å²) in [4.78, 5) is 12.0. The van der Waals surface area contributed by atoms with Gasteiger partial charge in [0, 0.05) is 5.69 Å². The molecule has 0 aliphatic carbocycles. The Balaban J connectivity index is 1.93. The lowest BCUT2D eigenvalue weighted by molar-refractivity contribution is -0.114. The summed E-state index contributed by atoms with van der Waals surface area (Å²) in [5.74, 6) is 0.576. The molecule has 0 heterocycles. The van der Waals surface area contributed by atoms with Gasteiger partial charge in [-0.15, -0.1) is 0 Å². The van der Waals surface area contributed by atoms with Gasteiger partial charge in [0.1, 0.15) is 5.75 Å². The number of hydrogen-bond donors (Lipinski definition) is 2. The maximum atomic E-state index is 12.0. The highest BCUT2D eigenvalue weighted by molar-refractivity contribution is 5.95. The topological polar surface area (TPSA) is 50.4 Å². The van der Waals surface area contributed by atoms with E-state index in [1.807, 2.05) is 62.4 Å². The van der Waals surface area contributed by atoms with Crippen molar-refractivity contribution >= 4 is 17.3 Å². The molecule has 4 nitrogen and oxygen atoms in total. The number of aryl methyl sites for hydroxylation is 1. The third-order valence-corrected chi connectivity index (χ3v) is 2.93.